The van der Waals surface area contributed by atoms with Gasteiger partial charge in [0.25, 0.3) is 0 Å². The Labute approximate surface area is 219 Å². The van der Waals surface area contributed by atoms with Crippen LogP contribution in [0.25, 0.3) is 10.9 Å². The summed E-state index contributed by atoms with van der Waals surface area (Å²) in [7, 11) is 3.04. The summed E-state index contributed by atoms with van der Waals surface area (Å²) in [6, 6.07) is 11.4. The van der Waals surface area contributed by atoms with E-state index in [0.717, 1.165) is 18.2 Å². The Hall–Kier alpha value is -3.89. The van der Waals surface area contributed by atoms with Crippen LogP contribution in [0, 0.1) is 0 Å². The number of hydrogen-bond acceptors (Lipinski definition) is 5. The lowest BCUT2D eigenvalue weighted by atomic mass is 10.2. The number of ether oxygens (including phenoxy) is 3. The van der Waals surface area contributed by atoms with E-state index in [1.807, 2.05) is 0 Å². The van der Waals surface area contributed by atoms with Crippen LogP contribution < -0.4 is 24.8 Å². The maximum absolute atomic E-state index is 13.0. The molecule has 192 valence electrons. The number of aromatic nitrogens is 1. The monoisotopic (exact) mass is 551 g/mol. The van der Waals surface area contributed by atoms with Gasteiger partial charge in [-0.2, -0.15) is 13.2 Å². The maximum atomic E-state index is 13.0. The third-order valence-electron chi connectivity index (χ3n) is 5.17. The molecular weight excluding hydrogens is 534 g/mol. The summed E-state index contributed by atoms with van der Waals surface area (Å²) in [4.78, 5) is 16.7. The second-order valence-corrected chi connectivity index (χ2v) is 8.36. The fourth-order valence-electron chi connectivity index (χ4n) is 3.40. The molecule has 0 saturated heterocycles. The minimum absolute atomic E-state index is 0.0585. The van der Waals surface area contributed by atoms with E-state index < -0.39 is 17.8 Å². The first kappa shape index (κ1) is 26.2. The van der Waals surface area contributed by atoms with E-state index in [2.05, 4.69) is 15.6 Å². The second kappa shape index (κ2) is 10.6. The molecule has 0 saturated carbocycles. The molecule has 0 spiro atoms. The first-order valence-electron chi connectivity index (χ1n) is 10.5. The number of benzene rings is 3. The van der Waals surface area contributed by atoms with Gasteiger partial charge >= 0.3 is 12.2 Å². The third-order valence-corrected chi connectivity index (χ3v) is 5.81. The van der Waals surface area contributed by atoms with E-state index in [0.29, 0.717) is 33.9 Å². The average molecular weight is 552 g/mol. The molecule has 4 rings (SSSR count). The quantitative estimate of drug-likeness (QED) is 0.253. The van der Waals surface area contributed by atoms with Crippen molar-refractivity contribution >= 4 is 51.5 Å². The summed E-state index contributed by atoms with van der Waals surface area (Å²) in [5.74, 6) is 1.85. The Bertz CT molecular complexity index is 1480. The number of anilines is 2. The SMILES string of the molecule is COc1cc2nccc(Oc3ccc(NC(=O)Nc4cc(C(F)(F)F)ccc4Cl)c(Cl)c3)c2cc1OC. The zero-order chi connectivity index (χ0) is 26.7. The summed E-state index contributed by atoms with van der Waals surface area (Å²) in [6.45, 7) is 0. The van der Waals surface area contributed by atoms with Gasteiger partial charge in [0, 0.05) is 23.7 Å². The number of alkyl halides is 3. The molecule has 0 atom stereocenters. The van der Waals surface area contributed by atoms with Crippen LogP contribution in [0.4, 0.5) is 29.3 Å². The molecule has 37 heavy (non-hydrogen) atoms. The van der Waals surface area contributed by atoms with Gasteiger partial charge in [0.05, 0.1) is 46.7 Å². The fraction of sp³-hybridized carbons (Fsp3) is 0.120. The van der Waals surface area contributed by atoms with E-state index in [1.54, 1.807) is 30.5 Å². The van der Waals surface area contributed by atoms with Crippen LogP contribution in [-0.4, -0.2) is 25.2 Å². The van der Waals surface area contributed by atoms with Crippen molar-refractivity contribution in [2.45, 2.75) is 6.18 Å². The van der Waals surface area contributed by atoms with Crippen LogP contribution in [0.5, 0.6) is 23.0 Å². The van der Waals surface area contributed by atoms with Gasteiger partial charge in [-0.3, -0.25) is 4.98 Å². The number of pyridine rings is 1. The van der Waals surface area contributed by atoms with Crippen LogP contribution in [0.2, 0.25) is 10.0 Å². The number of carbonyl (C=O) groups is 1. The highest BCUT2D eigenvalue weighted by atomic mass is 35.5. The molecular formula is C25H18Cl2F3N3O4. The average Bonchev–Trinajstić information content (AvgIpc) is 2.85. The smallest absolute Gasteiger partial charge is 0.416 e. The molecule has 1 aromatic heterocycles. The van der Waals surface area contributed by atoms with Crippen LogP contribution in [-0.2, 0) is 6.18 Å². The predicted octanol–water partition coefficient (Wildman–Crippen LogP) is 8.01. The zero-order valence-electron chi connectivity index (χ0n) is 19.2. The fourth-order valence-corrected chi connectivity index (χ4v) is 3.78. The van der Waals surface area contributed by atoms with Gasteiger partial charge < -0.3 is 24.8 Å². The Balaban J connectivity index is 1.51. The Morgan fingerprint density at radius 3 is 2.22 bits per heavy atom. The lowest BCUT2D eigenvalue weighted by molar-refractivity contribution is -0.137. The normalized spacial score (nSPS) is 11.2. The predicted molar refractivity (Wildman–Crippen MR) is 135 cm³/mol. The Morgan fingerprint density at radius 1 is 0.838 bits per heavy atom. The van der Waals surface area contributed by atoms with Crippen molar-refractivity contribution in [3.05, 3.63) is 76.4 Å². The van der Waals surface area contributed by atoms with Gasteiger partial charge in [-0.1, -0.05) is 23.2 Å². The molecule has 0 fully saturated rings. The summed E-state index contributed by atoms with van der Waals surface area (Å²) < 4.78 is 55.6. The van der Waals surface area contributed by atoms with Crippen molar-refractivity contribution in [2.24, 2.45) is 0 Å². The van der Waals surface area contributed by atoms with E-state index in [4.69, 9.17) is 37.4 Å². The first-order valence-corrected chi connectivity index (χ1v) is 11.3. The second-order valence-electron chi connectivity index (χ2n) is 7.55. The van der Waals surface area contributed by atoms with Crippen molar-refractivity contribution < 1.29 is 32.2 Å². The van der Waals surface area contributed by atoms with Crippen LogP contribution in [0.15, 0.2) is 60.8 Å². The van der Waals surface area contributed by atoms with Crippen molar-refractivity contribution in [3.63, 3.8) is 0 Å². The van der Waals surface area contributed by atoms with Crippen molar-refractivity contribution in [3.8, 4) is 23.0 Å². The van der Waals surface area contributed by atoms with Gasteiger partial charge in [-0.25, -0.2) is 4.79 Å². The third kappa shape index (κ3) is 5.92. The molecule has 0 radical (unpaired) electrons. The summed E-state index contributed by atoms with van der Waals surface area (Å²) in [5, 5.41) is 5.50. The number of methoxy groups -OCH3 is 2. The lowest BCUT2D eigenvalue weighted by Crippen LogP contribution is -2.20. The standard InChI is InChI=1S/C25H18Cl2F3N3O4/c1-35-22-11-15-19(12-23(22)36-2)31-8-7-21(15)37-14-4-6-18(17(27)10-14)32-24(34)33-20-9-13(25(28,29)30)3-5-16(20)26/h3-12H,1-2H3,(H2,32,33,34). The van der Waals surface area contributed by atoms with Gasteiger partial charge in [0.1, 0.15) is 11.5 Å². The van der Waals surface area contributed by atoms with E-state index in [9.17, 15) is 18.0 Å². The summed E-state index contributed by atoms with van der Waals surface area (Å²) >= 11 is 12.2. The molecule has 0 aliphatic carbocycles. The number of fused-ring (bicyclic) bond motifs is 1. The molecule has 3 aromatic carbocycles. The number of nitrogens with one attached hydrogen (secondary N) is 2. The first-order chi connectivity index (χ1) is 17.6. The molecule has 0 unspecified atom stereocenters. The van der Waals surface area contributed by atoms with Gasteiger partial charge in [0.15, 0.2) is 11.5 Å². The molecule has 2 N–H and O–H groups in total. The highest BCUT2D eigenvalue weighted by Crippen LogP contribution is 2.38. The maximum Gasteiger partial charge on any atom is 0.416 e. The van der Waals surface area contributed by atoms with Gasteiger partial charge in [-0.05, 0) is 42.5 Å². The largest absolute Gasteiger partial charge is 0.493 e. The van der Waals surface area contributed by atoms with Crippen molar-refractivity contribution in [1.82, 2.24) is 4.98 Å². The topological polar surface area (TPSA) is 81.7 Å². The Morgan fingerprint density at radius 2 is 1.54 bits per heavy atom. The molecule has 0 aliphatic heterocycles. The lowest BCUT2D eigenvalue weighted by Gasteiger charge is -2.14. The van der Waals surface area contributed by atoms with Crippen LogP contribution in [0.1, 0.15) is 5.56 Å². The number of urea groups is 1. The van der Waals surface area contributed by atoms with E-state index in [1.165, 1.54) is 26.4 Å². The number of amides is 2. The van der Waals surface area contributed by atoms with Crippen molar-refractivity contribution in [2.75, 3.05) is 24.9 Å². The molecule has 12 heteroatoms. The molecule has 4 aromatic rings. The molecule has 0 bridgehead atoms. The van der Waals surface area contributed by atoms with E-state index in [-0.39, 0.29) is 21.4 Å². The molecule has 0 aliphatic rings. The number of hydrogen-bond donors (Lipinski definition) is 2. The number of nitrogens with zero attached hydrogens (tertiary/aromatic N) is 1. The molecule has 7 nitrogen and oxygen atoms in total. The minimum atomic E-state index is -4.59. The van der Waals surface area contributed by atoms with Gasteiger partial charge in [-0.15, -0.1) is 0 Å². The summed E-state index contributed by atoms with van der Waals surface area (Å²) in [6.07, 6.45) is -3.02. The van der Waals surface area contributed by atoms with Crippen LogP contribution in [0.3, 0.4) is 0 Å². The van der Waals surface area contributed by atoms with Gasteiger partial charge in [0.2, 0.25) is 0 Å². The number of rotatable bonds is 6. The highest BCUT2D eigenvalue weighted by molar-refractivity contribution is 6.35. The molecule has 2 amide bonds. The van der Waals surface area contributed by atoms with Crippen molar-refractivity contribution in [1.29, 1.82) is 0 Å². The number of halogens is 5. The van der Waals surface area contributed by atoms with Crippen LogP contribution >= 0.6 is 23.2 Å². The highest BCUT2D eigenvalue weighted by Gasteiger charge is 2.31. The Kier molecular flexibility index (Phi) is 7.51. The summed E-state index contributed by atoms with van der Waals surface area (Å²) in [5.41, 5.74) is -0.349. The van der Waals surface area contributed by atoms with E-state index >= 15 is 0 Å². The number of carbonyl (C=O) groups excluding carboxylic acids is 1. The minimum Gasteiger partial charge on any atom is -0.493 e. The zero-order valence-corrected chi connectivity index (χ0v) is 20.8. The molecule has 1 heterocycles.